The average molecular weight is 532 g/mol. The summed E-state index contributed by atoms with van der Waals surface area (Å²) in [6.07, 6.45) is -3.14. The Kier molecular flexibility index (Phi) is 8.13. The zero-order valence-corrected chi connectivity index (χ0v) is 21.3. The number of carbonyl (C=O) groups excluding carboxylic acids is 3. The number of carbonyl (C=O) groups is 3. The number of nitrogens with one attached hydrogen (secondary N) is 1. The van der Waals surface area contributed by atoms with Gasteiger partial charge in [-0.2, -0.15) is 13.2 Å². The van der Waals surface area contributed by atoms with E-state index in [-0.39, 0.29) is 23.7 Å². The Morgan fingerprint density at radius 1 is 0.974 bits per heavy atom. The van der Waals surface area contributed by atoms with Gasteiger partial charge in [0.1, 0.15) is 0 Å². The molecule has 2 aromatic rings. The SMILES string of the molecule is Cc1ccccc1N1CCN(c2cc(C(F)(F)F)c(C(=O)NCCCN3CCCC3=O)cc2C(N)=O)CC1. The lowest BCUT2D eigenvalue weighted by Gasteiger charge is -2.38. The van der Waals surface area contributed by atoms with Gasteiger partial charge in [-0.15, -0.1) is 0 Å². The summed E-state index contributed by atoms with van der Waals surface area (Å²) >= 11 is 0. The number of primary amides is 1. The summed E-state index contributed by atoms with van der Waals surface area (Å²) in [5, 5.41) is 2.50. The van der Waals surface area contributed by atoms with E-state index in [4.69, 9.17) is 5.73 Å². The highest BCUT2D eigenvalue weighted by Crippen LogP contribution is 2.37. The van der Waals surface area contributed by atoms with E-state index in [1.165, 1.54) is 0 Å². The number of rotatable bonds is 8. The molecule has 2 saturated heterocycles. The molecule has 0 spiro atoms. The van der Waals surface area contributed by atoms with Gasteiger partial charge in [-0.05, 0) is 43.5 Å². The van der Waals surface area contributed by atoms with Crippen LogP contribution in [0.15, 0.2) is 36.4 Å². The number of nitrogens with zero attached hydrogens (tertiary/aromatic N) is 3. The van der Waals surface area contributed by atoms with Crippen LogP contribution in [0.25, 0.3) is 0 Å². The minimum Gasteiger partial charge on any atom is -0.368 e. The second-order valence-electron chi connectivity index (χ2n) is 9.63. The normalized spacial score (nSPS) is 16.2. The van der Waals surface area contributed by atoms with Gasteiger partial charge < -0.3 is 25.8 Å². The quantitative estimate of drug-likeness (QED) is 0.510. The topological polar surface area (TPSA) is 99.0 Å². The van der Waals surface area contributed by atoms with Crippen LogP contribution in [0.5, 0.6) is 0 Å². The number of nitrogens with two attached hydrogens (primary N) is 1. The van der Waals surface area contributed by atoms with E-state index in [0.717, 1.165) is 29.8 Å². The number of likely N-dealkylation sites (tertiary alicyclic amines) is 1. The number of hydrogen-bond acceptors (Lipinski definition) is 5. The van der Waals surface area contributed by atoms with Gasteiger partial charge in [-0.3, -0.25) is 14.4 Å². The van der Waals surface area contributed by atoms with Gasteiger partial charge in [0.25, 0.3) is 11.8 Å². The van der Waals surface area contributed by atoms with Gasteiger partial charge in [0.05, 0.1) is 22.4 Å². The van der Waals surface area contributed by atoms with E-state index in [9.17, 15) is 27.6 Å². The molecule has 3 N–H and O–H groups in total. The van der Waals surface area contributed by atoms with Gasteiger partial charge in [0.2, 0.25) is 5.91 Å². The fourth-order valence-electron chi connectivity index (χ4n) is 5.08. The number of piperazine rings is 1. The Hall–Kier alpha value is -3.76. The lowest BCUT2D eigenvalue weighted by atomic mass is 9.98. The number of halogens is 3. The first kappa shape index (κ1) is 27.3. The van der Waals surface area contributed by atoms with Crippen molar-refractivity contribution in [3.63, 3.8) is 0 Å². The van der Waals surface area contributed by atoms with Gasteiger partial charge in [0, 0.05) is 57.9 Å². The average Bonchev–Trinajstić information content (AvgIpc) is 3.30. The first-order valence-electron chi connectivity index (χ1n) is 12.7. The van der Waals surface area contributed by atoms with Gasteiger partial charge in [-0.1, -0.05) is 18.2 Å². The third-order valence-electron chi connectivity index (χ3n) is 7.09. The van der Waals surface area contributed by atoms with Crippen molar-refractivity contribution in [2.24, 2.45) is 5.73 Å². The van der Waals surface area contributed by atoms with Crippen molar-refractivity contribution in [1.82, 2.24) is 10.2 Å². The molecule has 204 valence electrons. The van der Waals surface area contributed by atoms with E-state index in [0.29, 0.717) is 52.1 Å². The largest absolute Gasteiger partial charge is 0.417 e. The van der Waals surface area contributed by atoms with Gasteiger partial charge in [-0.25, -0.2) is 0 Å². The van der Waals surface area contributed by atoms with Crippen LogP contribution in [0, 0.1) is 6.92 Å². The maximum Gasteiger partial charge on any atom is 0.417 e. The molecule has 8 nitrogen and oxygen atoms in total. The third kappa shape index (κ3) is 6.03. The Morgan fingerprint density at radius 2 is 1.63 bits per heavy atom. The molecular formula is C27H32F3N5O3. The highest BCUT2D eigenvalue weighted by atomic mass is 19.4. The number of hydrogen-bond donors (Lipinski definition) is 2. The van der Waals surface area contributed by atoms with Crippen LogP contribution >= 0.6 is 0 Å². The summed E-state index contributed by atoms with van der Waals surface area (Å²) in [6.45, 7) is 5.02. The van der Waals surface area contributed by atoms with Crippen LogP contribution in [0.3, 0.4) is 0 Å². The van der Waals surface area contributed by atoms with Crippen molar-refractivity contribution in [2.45, 2.75) is 32.4 Å². The standard InChI is InChI=1S/C27H32F3N5O3/c1-18-6-2-3-7-22(18)33-12-14-34(15-13-33)23-17-21(27(28,29)30)19(16-20(23)25(31)37)26(38)32-9-5-11-35-10-4-8-24(35)36/h2-3,6-7,16-17H,4-5,8-15H2,1H3,(H2,31,37)(H,32,38). The fraction of sp³-hybridized carbons (Fsp3) is 0.444. The molecule has 4 rings (SSSR count). The van der Waals surface area contributed by atoms with Crippen LogP contribution in [0.4, 0.5) is 24.5 Å². The fourth-order valence-corrected chi connectivity index (χ4v) is 5.08. The molecule has 0 aromatic heterocycles. The zero-order chi connectivity index (χ0) is 27.4. The number of para-hydroxylation sites is 1. The van der Waals surface area contributed by atoms with E-state index in [1.54, 1.807) is 9.80 Å². The summed E-state index contributed by atoms with van der Waals surface area (Å²) in [5.74, 6) is -1.81. The molecule has 2 heterocycles. The van der Waals surface area contributed by atoms with Crippen molar-refractivity contribution in [1.29, 1.82) is 0 Å². The molecule has 0 bridgehead atoms. The number of amides is 3. The molecule has 2 aromatic carbocycles. The minimum atomic E-state index is -4.82. The second-order valence-corrected chi connectivity index (χ2v) is 9.63. The predicted molar refractivity (Wildman–Crippen MR) is 138 cm³/mol. The van der Waals surface area contributed by atoms with Crippen LogP contribution in [0.1, 0.15) is 51.1 Å². The lowest BCUT2D eigenvalue weighted by molar-refractivity contribution is -0.138. The van der Waals surface area contributed by atoms with E-state index in [1.807, 2.05) is 31.2 Å². The Morgan fingerprint density at radius 3 is 2.21 bits per heavy atom. The number of aryl methyl sites for hydroxylation is 1. The van der Waals surface area contributed by atoms with Crippen molar-refractivity contribution in [2.75, 3.05) is 55.6 Å². The van der Waals surface area contributed by atoms with Crippen LogP contribution in [0.2, 0.25) is 0 Å². The maximum absolute atomic E-state index is 14.1. The summed E-state index contributed by atoms with van der Waals surface area (Å²) < 4.78 is 42.3. The molecule has 38 heavy (non-hydrogen) atoms. The van der Waals surface area contributed by atoms with E-state index >= 15 is 0 Å². The smallest absolute Gasteiger partial charge is 0.368 e. The van der Waals surface area contributed by atoms with Crippen LogP contribution < -0.4 is 20.9 Å². The molecule has 0 atom stereocenters. The molecule has 2 aliphatic rings. The monoisotopic (exact) mass is 531 g/mol. The molecule has 2 fully saturated rings. The summed E-state index contributed by atoms with van der Waals surface area (Å²) in [5.41, 5.74) is 5.89. The Balaban J connectivity index is 1.52. The van der Waals surface area contributed by atoms with E-state index in [2.05, 4.69) is 10.2 Å². The van der Waals surface area contributed by atoms with Gasteiger partial charge in [0.15, 0.2) is 0 Å². The first-order chi connectivity index (χ1) is 18.1. The molecule has 3 amide bonds. The molecule has 0 saturated carbocycles. The second kappa shape index (κ2) is 11.3. The molecule has 0 aliphatic carbocycles. The summed E-state index contributed by atoms with van der Waals surface area (Å²) in [6, 6.07) is 9.69. The van der Waals surface area contributed by atoms with Crippen molar-refractivity contribution in [3.05, 3.63) is 58.7 Å². The Labute approximate surface area is 219 Å². The highest BCUT2D eigenvalue weighted by molar-refractivity contribution is 6.04. The molecule has 0 radical (unpaired) electrons. The van der Waals surface area contributed by atoms with E-state index < -0.39 is 29.1 Å². The number of alkyl halides is 3. The first-order valence-corrected chi connectivity index (χ1v) is 12.7. The molecule has 2 aliphatic heterocycles. The zero-order valence-electron chi connectivity index (χ0n) is 21.3. The van der Waals surface area contributed by atoms with Crippen molar-refractivity contribution < 1.29 is 27.6 Å². The maximum atomic E-state index is 14.1. The lowest BCUT2D eigenvalue weighted by Crippen LogP contribution is -2.47. The number of anilines is 2. The molecule has 0 unspecified atom stereocenters. The highest BCUT2D eigenvalue weighted by Gasteiger charge is 2.38. The number of benzene rings is 2. The summed E-state index contributed by atoms with van der Waals surface area (Å²) in [4.78, 5) is 42.3. The molecule has 11 heteroatoms. The predicted octanol–water partition coefficient (Wildman–Crippen LogP) is 3.18. The molecular weight excluding hydrogens is 499 g/mol. The third-order valence-corrected chi connectivity index (χ3v) is 7.09. The van der Waals surface area contributed by atoms with Crippen LogP contribution in [-0.4, -0.2) is 68.4 Å². The van der Waals surface area contributed by atoms with Gasteiger partial charge >= 0.3 is 6.18 Å². The van der Waals surface area contributed by atoms with Crippen molar-refractivity contribution >= 4 is 29.1 Å². The summed E-state index contributed by atoms with van der Waals surface area (Å²) in [7, 11) is 0. The van der Waals surface area contributed by atoms with Crippen molar-refractivity contribution in [3.8, 4) is 0 Å². The Bertz CT molecular complexity index is 1210. The minimum absolute atomic E-state index is 0.0390. The van der Waals surface area contributed by atoms with Crippen LogP contribution in [-0.2, 0) is 11.0 Å².